The van der Waals surface area contributed by atoms with Crippen molar-refractivity contribution in [3.63, 3.8) is 0 Å². The summed E-state index contributed by atoms with van der Waals surface area (Å²) in [6.07, 6.45) is 1.74. The van der Waals surface area contributed by atoms with E-state index in [1.807, 2.05) is 17.5 Å². The van der Waals surface area contributed by atoms with Gasteiger partial charge in [-0.2, -0.15) is 0 Å². The minimum absolute atomic E-state index is 0.134. The zero-order valence-corrected chi connectivity index (χ0v) is 14.5. The molecule has 0 fully saturated rings. The Bertz CT molecular complexity index is 846. The lowest BCUT2D eigenvalue weighted by Crippen LogP contribution is -2.08. The number of hydrogen-bond acceptors (Lipinski definition) is 5. The lowest BCUT2D eigenvalue weighted by molar-refractivity contribution is 0.0464. The molecule has 0 saturated carbocycles. The van der Waals surface area contributed by atoms with Crippen LogP contribution >= 0.6 is 38.9 Å². The Labute approximate surface area is 143 Å². The van der Waals surface area contributed by atoms with Gasteiger partial charge in [-0.15, -0.1) is 11.3 Å². The van der Waals surface area contributed by atoms with E-state index in [4.69, 9.17) is 21.1 Å². The van der Waals surface area contributed by atoms with Crippen LogP contribution in [0.3, 0.4) is 0 Å². The monoisotopic (exact) mass is 400 g/mol. The van der Waals surface area contributed by atoms with Gasteiger partial charge in [0.15, 0.2) is 15.8 Å². The Morgan fingerprint density at radius 2 is 2.32 bits per heavy atom. The minimum Gasteiger partial charge on any atom is -0.496 e. The molecular formula is C14H10BrClN2O3S. The molecular weight excluding hydrogens is 392 g/mol. The molecule has 8 heteroatoms. The predicted octanol–water partition coefficient (Wildman–Crippen LogP) is 4.18. The van der Waals surface area contributed by atoms with Crippen molar-refractivity contribution in [2.24, 2.45) is 0 Å². The molecule has 0 saturated heterocycles. The summed E-state index contributed by atoms with van der Waals surface area (Å²) < 4.78 is 12.9. The van der Waals surface area contributed by atoms with Gasteiger partial charge in [0.25, 0.3) is 0 Å². The maximum atomic E-state index is 12.2. The molecule has 5 nitrogen and oxygen atoms in total. The largest absolute Gasteiger partial charge is 0.496 e. The lowest BCUT2D eigenvalue weighted by atomic mass is 10.2. The first-order valence-corrected chi connectivity index (χ1v) is 8.26. The number of imidazole rings is 1. The summed E-state index contributed by atoms with van der Waals surface area (Å²) in [5.74, 6) is 0.205. The van der Waals surface area contributed by atoms with Gasteiger partial charge >= 0.3 is 5.97 Å². The number of hydrogen-bond donors (Lipinski definition) is 0. The highest BCUT2D eigenvalue weighted by molar-refractivity contribution is 9.10. The second-order valence-corrected chi connectivity index (χ2v) is 6.44. The van der Waals surface area contributed by atoms with E-state index in [0.29, 0.717) is 10.7 Å². The van der Waals surface area contributed by atoms with Crippen LogP contribution in [0.4, 0.5) is 0 Å². The molecule has 0 aliphatic heterocycles. The summed E-state index contributed by atoms with van der Waals surface area (Å²) in [7, 11) is 1.59. The number of halogens is 2. The number of nitrogens with zero attached hydrogens (tertiary/aromatic N) is 2. The van der Waals surface area contributed by atoms with Crippen molar-refractivity contribution in [1.29, 1.82) is 0 Å². The van der Waals surface area contributed by atoms with Crippen molar-refractivity contribution in [2.75, 3.05) is 7.11 Å². The quantitative estimate of drug-likeness (QED) is 0.616. The molecule has 1 aromatic carbocycles. The first-order valence-electron chi connectivity index (χ1n) is 6.20. The number of fused-ring (bicyclic) bond motifs is 1. The fourth-order valence-corrected chi connectivity index (χ4v) is 3.56. The van der Waals surface area contributed by atoms with Crippen LogP contribution in [0.5, 0.6) is 5.75 Å². The van der Waals surface area contributed by atoms with Crippen molar-refractivity contribution in [2.45, 2.75) is 6.61 Å². The molecule has 0 radical (unpaired) electrons. The molecule has 0 spiro atoms. The molecule has 0 bridgehead atoms. The number of carbonyl (C=O) groups is 1. The Kier molecular flexibility index (Phi) is 4.37. The minimum atomic E-state index is -0.511. The molecule has 0 N–H and O–H groups in total. The van der Waals surface area contributed by atoms with Crippen LogP contribution in [0.25, 0.3) is 4.96 Å². The van der Waals surface area contributed by atoms with E-state index >= 15 is 0 Å². The second-order valence-electron chi connectivity index (χ2n) is 4.35. The van der Waals surface area contributed by atoms with Crippen molar-refractivity contribution >= 4 is 49.8 Å². The maximum Gasteiger partial charge on any atom is 0.358 e. The molecule has 0 aliphatic rings. The van der Waals surface area contributed by atoms with Gasteiger partial charge in [-0.3, -0.25) is 4.40 Å². The Morgan fingerprint density at radius 3 is 3.05 bits per heavy atom. The third-order valence-electron chi connectivity index (χ3n) is 3.00. The van der Waals surface area contributed by atoms with Crippen molar-refractivity contribution in [1.82, 2.24) is 9.38 Å². The van der Waals surface area contributed by atoms with Gasteiger partial charge in [-0.1, -0.05) is 17.7 Å². The topological polar surface area (TPSA) is 52.8 Å². The number of benzene rings is 1. The average Bonchev–Trinajstić information content (AvgIpc) is 3.04. The molecule has 114 valence electrons. The highest BCUT2D eigenvalue weighted by atomic mass is 79.9. The predicted molar refractivity (Wildman–Crippen MR) is 87.9 cm³/mol. The first kappa shape index (κ1) is 15.3. The van der Waals surface area contributed by atoms with Crippen LogP contribution in [0.1, 0.15) is 16.1 Å². The fraction of sp³-hybridized carbons (Fsp3) is 0.143. The van der Waals surface area contributed by atoms with Crippen LogP contribution in [-0.2, 0) is 11.3 Å². The number of methoxy groups -OCH3 is 1. The molecule has 0 amide bonds. The molecule has 0 atom stereocenters. The van der Waals surface area contributed by atoms with Crippen LogP contribution < -0.4 is 4.74 Å². The standard InChI is InChI=1S/C14H10BrClN2O3S/c1-20-10-3-2-8(6-9(10)15)7-21-13(19)11-12(16)17-14-18(11)4-5-22-14/h2-6H,7H2,1H3. The number of carbonyl (C=O) groups excluding carboxylic acids is 1. The van der Waals surface area contributed by atoms with Gasteiger partial charge in [-0.05, 0) is 33.6 Å². The summed E-state index contributed by atoms with van der Waals surface area (Å²) in [5.41, 5.74) is 1.08. The van der Waals surface area contributed by atoms with E-state index in [1.54, 1.807) is 23.8 Å². The molecule has 3 aromatic rings. The Balaban J connectivity index is 1.76. The third kappa shape index (κ3) is 2.84. The SMILES string of the molecule is COc1ccc(COC(=O)c2c(Cl)nc3sccn23)cc1Br. The normalized spacial score (nSPS) is 10.9. The summed E-state index contributed by atoms with van der Waals surface area (Å²) in [4.78, 5) is 17.0. The molecule has 0 unspecified atom stereocenters. The van der Waals surface area contributed by atoms with E-state index in [0.717, 1.165) is 10.0 Å². The van der Waals surface area contributed by atoms with E-state index in [9.17, 15) is 4.79 Å². The van der Waals surface area contributed by atoms with Crippen LogP contribution in [0.2, 0.25) is 5.15 Å². The molecule has 0 aliphatic carbocycles. The summed E-state index contributed by atoms with van der Waals surface area (Å²) in [6, 6.07) is 5.47. The van der Waals surface area contributed by atoms with E-state index in [1.165, 1.54) is 11.3 Å². The van der Waals surface area contributed by atoms with Gasteiger partial charge in [0.1, 0.15) is 12.4 Å². The second kappa shape index (κ2) is 6.28. The molecule has 3 rings (SSSR count). The number of ether oxygens (including phenoxy) is 2. The molecule has 2 aromatic heterocycles. The van der Waals surface area contributed by atoms with Crippen molar-refractivity contribution < 1.29 is 14.3 Å². The van der Waals surface area contributed by atoms with E-state index in [-0.39, 0.29) is 17.5 Å². The first-order chi connectivity index (χ1) is 10.6. The van der Waals surface area contributed by atoms with Gasteiger partial charge in [-0.25, -0.2) is 9.78 Å². The molecule has 2 heterocycles. The van der Waals surface area contributed by atoms with Gasteiger partial charge in [0.05, 0.1) is 11.6 Å². The smallest absolute Gasteiger partial charge is 0.358 e. The van der Waals surface area contributed by atoms with Crippen LogP contribution in [-0.4, -0.2) is 22.5 Å². The van der Waals surface area contributed by atoms with Gasteiger partial charge in [0.2, 0.25) is 0 Å². The summed E-state index contributed by atoms with van der Waals surface area (Å²) in [6.45, 7) is 0.134. The number of rotatable bonds is 4. The fourth-order valence-electron chi connectivity index (χ4n) is 1.96. The molecule has 22 heavy (non-hydrogen) atoms. The highest BCUT2D eigenvalue weighted by Gasteiger charge is 2.20. The summed E-state index contributed by atoms with van der Waals surface area (Å²) >= 11 is 10.8. The zero-order valence-electron chi connectivity index (χ0n) is 11.4. The Morgan fingerprint density at radius 1 is 1.50 bits per heavy atom. The van der Waals surface area contributed by atoms with Crippen LogP contribution in [0.15, 0.2) is 34.2 Å². The van der Waals surface area contributed by atoms with Crippen molar-refractivity contribution in [3.05, 3.63) is 50.7 Å². The van der Waals surface area contributed by atoms with Crippen LogP contribution in [0, 0.1) is 0 Å². The zero-order chi connectivity index (χ0) is 15.7. The van der Waals surface area contributed by atoms with Gasteiger partial charge < -0.3 is 9.47 Å². The van der Waals surface area contributed by atoms with E-state index < -0.39 is 5.97 Å². The highest BCUT2D eigenvalue weighted by Crippen LogP contribution is 2.26. The lowest BCUT2D eigenvalue weighted by Gasteiger charge is -2.07. The van der Waals surface area contributed by atoms with E-state index in [2.05, 4.69) is 20.9 Å². The summed E-state index contributed by atoms with van der Waals surface area (Å²) in [5, 5.41) is 1.98. The number of esters is 1. The van der Waals surface area contributed by atoms with Gasteiger partial charge in [0, 0.05) is 11.6 Å². The van der Waals surface area contributed by atoms with Crippen molar-refractivity contribution in [3.8, 4) is 5.75 Å². The maximum absolute atomic E-state index is 12.2. The average molecular weight is 402 g/mol. The Hall–Kier alpha value is -1.57. The number of thiazole rings is 1. The third-order valence-corrected chi connectivity index (χ3v) is 4.64. The number of aromatic nitrogens is 2.